The van der Waals surface area contributed by atoms with Gasteiger partial charge in [-0.3, -0.25) is 14.6 Å². The number of carbonyl (C=O) groups is 2. The normalized spacial score (nSPS) is 16.3. The third kappa shape index (κ3) is 6.60. The number of hydrogen-bond acceptors (Lipinski definition) is 6. The molecule has 0 fully saturated rings. The smallest absolute Gasteiger partial charge is 0.345 e. The van der Waals surface area contributed by atoms with Gasteiger partial charge < -0.3 is 28.6 Å². The summed E-state index contributed by atoms with van der Waals surface area (Å²) in [6, 6.07) is 5.45. The summed E-state index contributed by atoms with van der Waals surface area (Å²) in [5, 5.41) is 11.4. The van der Waals surface area contributed by atoms with Gasteiger partial charge in [0.2, 0.25) is 5.91 Å². The van der Waals surface area contributed by atoms with E-state index in [0.717, 1.165) is 48.6 Å². The maximum absolute atomic E-state index is 12.5. The van der Waals surface area contributed by atoms with Crippen LogP contribution < -0.4 is 5.32 Å². The van der Waals surface area contributed by atoms with E-state index in [2.05, 4.69) is 50.5 Å². The molecule has 4 heterocycles. The summed E-state index contributed by atoms with van der Waals surface area (Å²) in [5.41, 5.74) is 2.58. The molecule has 0 aliphatic carbocycles. The van der Waals surface area contributed by atoms with E-state index >= 15 is 0 Å². The fraction of sp³-hybridized carbons (Fsp3) is 0.385. The third-order valence-corrected chi connectivity index (χ3v) is 6.27. The summed E-state index contributed by atoms with van der Waals surface area (Å²) in [4.78, 5) is 35.5. The van der Waals surface area contributed by atoms with Crippen molar-refractivity contribution in [3.63, 3.8) is 0 Å². The molecule has 0 aromatic carbocycles. The molecule has 36 heavy (non-hydrogen) atoms. The Labute approximate surface area is 235 Å². The van der Waals surface area contributed by atoms with Crippen LogP contribution in [0.25, 0.3) is 11.5 Å². The van der Waals surface area contributed by atoms with Gasteiger partial charge in [-0.2, -0.15) is 6.42 Å². The molecule has 2 aliphatic rings. The van der Waals surface area contributed by atoms with Gasteiger partial charge in [0.25, 0.3) is 0 Å². The van der Waals surface area contributed by atoms with Gasteiger partial charge in [-0.05, 0) is 42.5 Å². The maximum atomic E-state index is 12.5. The molecule has 0 spiro atoms. The first-order chi connectivity index (χ1) is 17.0. The summed E-state index contributed by atoms with van der Waals surface area (Å²) in [7, 11) is 0. The van der Waals surface area contributed by atoms with Crippen LogP contribution in [0.5, 0.6) is 0 Å². The van der Waals surface area contributed by atoms with Crippen LogP contribution in [0.3, 0.4) is 0 Å². The van der Waals surface area contributed by atoms with E-state index < -0.39 is 0 Å². The number of hydrogen-bond donors (Lipinski definition) is 1. The van der Waals surface area contributed by atoms with Crippen LogP contribution >= 0.6 is 0 Å². The Balaban J connectivity index is 0.00000361. The zero-order chi connectivity index (χ0) is 24.8. The van der Waals surface area contributed by atoms with Gasteiger partial charge in [0.05, 0.1) is 0 Å². The quantitative estimate of drug-likeness (QED) is 0.335. The Hall–Kier alpha value is -2.57. The minimum absolute atomic E-state index is 0. The summed E-state index contributed by atoms with van der Waals surface area (Å²) < 4.78 is 2.10. The maximum Gasteiger partial charge on any atom is 2.00 e. The molecule has 186 valence electrons. The van der Waals surface area contributed by atoms with Crippen molar-refractivity contribution in [2.45, 2.75) is 38.6 Å². The largest absolute Gasteiger partial charge is 2.00 e. The Bertz CT molecular complexity index is 1170. The molecule has 10 heteroatoms. The van der Waals surface area contributed by atoms with Crippen molar-refractivity contribution in [3.05, 3.63) is 61.7 Å². The van der Waals surface area contributed by atoms with Crippen molar-refractivity contribution in [1.82, 2.24) is 24.6 Å². The second-order valence-corrected chi connectivity index (χ2v) is 8.72. The number of nitrogens with one attached hydrogen (secondary N) is 1. The first kappa shape index (κ1) is 28.0. The van der Waals surface area contributed by atoms with Crippen molar-refractivity contribution in [2.75, 3.05) is 25.0 Å². The molecule has 0 radical (unpaired) electrons. The number of nitrogens with zero attached hydrogens (tertiary/aromatic N) is 6. The van der Waals surface area contributed by atoms with Crippen LogP contribution in [-0.4, -0.2) is 62.3 Å². The fourth-order valence-corrected chi connectivity index (χ4v) is 4.26. The van der Waals surface area contributed by atoms with E-state index in [1.807, 2.05) is 12.1 Å². The molecule has 9 nitrogen and oxygen atoms in total. The second-order valence-electron chi connectivity index (χ2n) is 8.72. The molecule has 0 saturated carbocycles. The van der Waals surface area contributed by atoms with E-state index in [0.29, 0.717) is 37.4 Å². The first-order valence-corrected chi connectivity index (χ1v) is 11.9. The van der Waals surface area contributed by atoms with Crippen LogP contribution in [0.1, 0.15) is 31.5 Å². The molecular formula is C26H31N7O2U. The molecule has 2 aliphatic heterocycles. The molecule has 1 unspecified atom stereocenters. The molecule has 2 aromatic rings. The molecule has 0 saturated heterocycles. The van der Waals surface area contributed by atoms with Crippen molar-refractivity contribution in [3.8, 4) is 11.5 Å². The Morgan fingerprint density at radius 2 is 2.03 bits per heavy atom. The predicted molar refractivity (Wildman–Crippen MR) is 135 cm³/mol. The van der Waals surface area contributed by atoms with Gasteiger partial charge in [0.1, 0.15) is 23.9 Å². The molecule has 4 rings (SSSR count). The molecular weight excluding hydrogens is 680 g/mol. The minimum atomic E-state index is -0.345. The van der Waals surface area contributed by atoms with Crippen molar-refractivity contribution >= 4 is 23.8 Å². The average Bonchev–Trinajstić information content (AvgIpc) is 3.32. The Morgan fingerprint density at radius 1 is 1.19 bits per heavy atom. The number of aliphatic imine (C=N–C) groups is 1. The van der Waals surface area contributed by atoms with E-state index in [-0.39, 0.29) is 55.4 Å². The number of pyridine rings is 1. The van der Waals surface area contributed by atoms with Crippen molar-refractivity contribution in [1.29, 1.82) is 0 Å². The molecule has 2 aromatic heterocycles. The zero-order valence-electron chi connectivity index (χ0n) is 20.4. The Kier molecular flexibility index (Phi) is 10.2. The SMILES string of the molecule is C=CC1=C(C=NCC(=O)Nc2cccc(-c3nnc4n3CCCC4)n2)CCN(C(=O)C([CH2-])C[CH2-])C1.[U+2]. The molecule has 1 atom stereocenters. The van der Waals surface area contributed by atoms with Crippen LogP contribution in [0.15, 0.2) is 47.0 Å². The Morgan fingerprint density at radius 3 is 2.81 bits per heavy atom. The van der Waals surface area contributed by atoms with Gasteiger partial charge in [-0.1, -0.05) is 18.7 Å². The predicted octanol–water partition coefficient (Wildman–Crippen LogP) is 3.08. The van der Waals surface area contributed by atoms with Crippen molar-refractivity contribution < 1.29 is 40.7 Å². The monoisotopic (exact) mass is 711 g/mol. The standard InChI is InChI=1S/C26H31N7O2.U/c1-4-18(3)26(35)32-14-12-20(19(5-2)17-32)15-27-16-24(34)29-22-10-8-9-21(28-22)25-31-30-23-11-6-7-13-33(23)25;/h5,8-10,15,18H,1-4,6-7,11-14,16-17H2,(H,28,29,34);/q-2;+2. The van der Waals surface area contributed by atoms with Crippen LogP contribution in [0.4, 0.5) is 5.82 Å². The summed E-state index contributed by atoms with van der Waals surface area (Å²) in [6.07, 6.45) is 7.69. The third-order valence-electron chi connectivity index (χ3n) is 6.27. The summed E-state index contributed by atoms with van der Waals surface area (Å²) in [6.45, 7) is 13.4. The molecule has 1 N–H and O–H groups in total. The van der Waals surface area contributed by atoms with E-state index in [1.54, 1.807) is 23.3 Å². The van der Waals surface area contributed by atoms with Crippen molar-refractivity contribution in [2.24, 2.45) is 10.9 Å². The summed E-state index contributed by atoms with van der Waals surface area (Å²) in [5.74, 6) is 1.54. The number of anilines is 1. The second kappa shape index (κ2) is 13.1. The number of aryl methyl sites for hydroxylation is 1. The number of aromatic nitrogens is 4. The molecule has 2 amide bonds. The van der Waals surface area contributed by atoms with Gasteiger partial charge >= 0.3 is 31.1 Å². The van der Waals surface area contributed by atoms with E-state index in [1.165, 1.54) is 0 Å². The number of amides is 2. The first-order valence-electron chi connectivity index (χ1n) is 11.9. The average molecular weight is 712 g/mol. The molecule has 0 bridgehead atoms. The van der Waals surface area contributed by atoms with Crippen LogP contribution in [0.2, 0.25) is 0 Å². The minimum Gasteiger partial charge on any atom is -0.345 e. The van der Waals surface area contributed by atoms with Gasteiger partial charge in [0, 0.05) is 32.3 Å². The summed E-state index contributed by atoms with van der Waals surface area (Å²) >= 11 is 0. The van der Waals surface area contributed by atoms with Gasteiger partial charge in [0.15, 0.2) is 11.7 Å². The fourth-order valence-electron chi connectivity index (χ4n) is 4.26. The zero-order valence-corrected chi connectivity index (χ0v) is 24.6. The van der Waals surface area contributed by atoms with Gasteiger partial charge in [-0.25, -0.2) is 4.98 Å². The van der Waals surface area contributed by atoms with Crippen LogP contribution in [0, 0.1) is 50.9 Å². The van der Waals surface area contributed by atoms with Gasteiger partial charge in [-0.15, -0.1) is 16.1 Å². The number of rotatable bonds is 8. The van der Waals surface area contributed by atoms with E-state index in [4.69, 9.17) is 0 Å². The number of fused-ring (bicyclic) bond motifs is 1. The van der Waals surface area contributed by atoms with E-state index in [9.17, 15) is 9.59 Å². The topological polar surface area (TPSA) is 105 Å². The number of carbonyl (C=O) groups excluding carboxylic acids is 2. The van der Waals surface area contributed by atoms with Crippen LogP contribution in [-0.2, 0) is 22.6 Å².